The van der Waals surface area contributed by atoms with Crippen molar-refractivity contribution < 1.29 is 28.5 Å². The molecule has 0 spiro atoms. The lowest BCUT2D eigenvalue weighted by Crippen LogP contribution is -2.39. The van der Waals surface area contributed by atoms with Gasteiger partial charge in [-0.2, -0.15) is 0 Å². The average molecular weight is 387 g/mol. The van der Waals surface area contributed by atoms with E-state index in [9.17, 15) is 9.59 Å². The summed E-state index contributed by atoms with van der Waals surface area (Å²) in [4.78, 5) is 24.3. The number of ether oxygens (including phenoxy) is 4. The van der Waals surface area contributed by atoms with Crippen molar-refractivity contribution in [2.75, 3.05) is 13.2 Å². The third kappa shape index (κ3) is 8.60. The summed E-state index contributed by atoms with van der Waals surface area (Å²) in [5.74, 6) is -2.12. The first kappa shape index (κ1) is 23.9. The molecule has 1 aliphatic rings. The van der Waals surface area contributed by atoms with Crippen molar-refractivity contribution in [3.63, 3.8) is 0 Å². The molecule has 0 aliphatic carbocycles. The van der Waals surface area contributed by atoms with E-state index in [4.69, 9.17) is 18.9 Å². The van der Waals surface area contributed by atoms with E-state index in [1.807, 2.05) is 0 Å². The summed E-state index contributed by atoms with van der Waals surface area (Å²) in [7, 11) is 0. The van der Waals surface area contributed by atoms with Crippen molar-refractivity contribution in [3.05, 3.63) is 0 Å². The van der Waals surface area contributed by atoms with Crippen LogP contribution in [0.3, 0.4) is 0 Å². The molecule has 1 fully saturated rings. The predicted octanol–water partition coefficient (Wildman–Crippen LogP) is 4.53. The smallest absolute Gasteiger partial charge is 0.338 e. The molecule has 0 radical (unpaired) electrons. The molecule has 1 heterocycles. The minimum Gasteiger partial charge on any atom is -0.464 e. The highest BCUT2D eigenvalue weighted by Crippen LogP contribution is 2.34. The van der Waals surface area contributed by atoms with E-state index < -0.39 is 29.9 Å². The van der Waals surface area contributed by atoms with Crippen molar-refractivity contribution >= 4 is 11.9 Å². The van der Waals surface area contributed by atoms with Crippen molar-refractivity contribution in [2.45, 2.75) is 110 Å². The molecular formula is C21H38O6. The standard InChI is InChI=1S/C21H38O6/c1-5-8-9-10-11-12-13-14-15-16-21(4)26-17(19(22)24-6-2)18(27-21)20(23)25-7-3/h17-18H,5-16H2,1-4H3/t17-,18-/m1/s1. The maximum atomic E-state index is 12.1. The lowest BCUT2D eigenvalue weighted by molar-refractivity contribution is -0.184. The molecule has 0 amide bonds. The minimum atomic E-state index is -1.06. The van der Waals surface area contributed by atoms with Gasteiger partial charge in [-0.05, 0) is 27.2 Å². The van der Waals surface area contributed by atoms with Crippen LogP contribution in [0.4, 0.5) is 0 Å². The molecule has 1 aliphatic heterocycles. The lowest BCUT2D eigenvalue weighted by Gasteiger charge is -2.23. The SMILES string of the molecule is CCCCCCCCCCCC1(C)O[C@@H](C(=O)OCC)[C@H](C(=O)OCC)O1. The Balaban J connectivity index is 2.40. The summed E-state index contributed by atoms with van der Waals surface area (Å²) in [5.41, 5.74) is 0. The number of hydrogen-bond donors (Lipinski definition) is 0. The molecule has 0 unspecified atom stereocenters. The van der Waals surface area contributed by atoms with E-state index in [1.165, 1.54) is 44.9 Å². The van der Waals surface area contributed by atoms with Crippen molar-refractivity contribution in [2.24, 2.45) is 0 Å². The highest BCUT2D eigenvalue weighted by molar-refractivity contribution is 5.86. The summed E-state index contributed by atoms with van der Waals surface area (Å²) in [6, 6.07) is 0. The Hall–Kier alpha value is -1.14. The first-order valence-corrected chi connectivity index (χ1v) is 10.7. The monoisotopic (exact) mass is 386 g/mol. The normalized spacial score (nSPS) is 21.2. The van der Waals surface area contributed by atoms with E-state index in [1.54, 1.807) is 20.8 Å². The third-order valence-corrected chi connectivity index (χ3v) is 4.80. The number of hydrogen-bond acceptors (Lipinski definition) is 6. The molecule has 1 saturated heterocycles. The van der Waals surface area contributed by atoms with Crippen molar-refractivity contribution in [3.8, 4) is 0 Å². The molecule has 0 N–H and O–H groups in total. The van der Waals surface area contributed by atoms with Gasteiger partial charge < -0.3 is 18.9 Å². The molecule has 6 nitrogen and oxygen atoms in total. The largest absolute Gasteiger partial charge is 0.464 e. The van der Waals surface area contributed by atoms with Gasteiger partial charge in [-0.25, -0.2) is 9.59 Å². The molecule has 0 bridgehead atoms. The zero-order valence-corrected chi connectivity index (χ0v) is 17.6. The fraction of sp³-hybridized carbons (Fsp3) is 0.905. The number of carbonyl (C=O) groups excluding carboxylic acids is 2. The van der Waals surface area contributed by atoms with E-state index in [-0.39, 0.29) is 13.2 Å². The van der Waals surface area contributed by atoms with Gasteiger partial charge in [-0.3, -0.25) is 0 Å². The van der Waals surface area contributed by atoms with Crippen LogP contribution in [-0.2, 0) is 28.5 Å². The number of carbonyl (C=O) groups is 2. The number of esters is 2. The maximum Gasteiger partial charge on any atom is 0.338 e. The van der Waals surface area contributed by atoms with Crippen molar-refractivity contribution in [1.29, 1.82) is 0 Å². The topological polar surface area (TPSA) is 71.1 Å². The Morgan fingerprint density at radius 2 is 1.15 bits per heavy atom. The van der Waals surface area contributed by atoms with E-state index in [0.29, 0.717) is 6.42 Å². The molecule has 6 heteroatoms. The van der Waals surface area contributed by atoms with Crippen LogP contribution in [0.2, 0.25) is 0 Å². The minimum absolute atomic E-state index is 0.225. The second-order valence-electron chi connectivity index (χ2n) is 7.29. The Labute approximate surface area is 164 Å². The van der Waals surface area contributed by atoms with Crippen LogP contribution in [0.25, 0.3) is 0 Å². The van der Waals surface area contributed by atoms with Gasteiger partial charge in [0, 0.05) is 6.42 Å². The van der Waals surface area contributed by atoms with E-state index in [0.717, 1.165) is 12.8 Å². The molecule has 27 heavy (non-hydrogen) atoms. The van der Waals surface area contributed by atoms with Crippen LogP contribution in [0.1, 0.15) is 91.9 Å². The Morgan fingerprint density at radius 3 is 1.56 bits per heavy atom. The van der Waals surface area contributed by atoms with Crippen LogP contribution in [0.15, 0.2) is 0 Å². The molecule has 158 valence electrons. The second kappa shape index (κ2) is 13.1. The summed E-state index contributed by atoms with van der Waals surface area (Å²) >= 11 is 0. The second-order valence-corrected chi connectivity index (χ2v) is 7.29. The fourth-order valence-electron chi connectivity index (χ4n) is 3.36. The maximum absolute atomic E-state index is 12.1. The quantitative estimate of drug-likeness (QED) is 0.322. The van der Waals surface area contributed by atoms with Crippen LogP contribution in [0, 0.1) is 0 Å². The zero-order chi connectivity index (χ0) is 20.1. The van der Waals surface area contributed by atoms with Crippen LogP contribution < -0.4 is 0 Å². The zero-order valence-electron chi connectivity index (χ0n) is 17.6. The molecule has 2 atom stereocenters. The molecule has 0 aromatic heterocycles. The van der Waals surface area contributed by atoms with Gasteiger partial charge in [-0.1, -0.05) is 58.3 Å². The Morgan fingerprint density at radius 1 is 0.741 bits per heavy atom. The van der Waals surface area contributed by atoms with Crippen LogP contribution in [-0.4, -0.2) is 43.1 Å². The van der Waals surface area contributed by atoms with Crippen LogP contribution >= 0.6 is 0 Å². The average Bonchev–Trinajstić information content (AvgIpc) is 2.99. The first-order valence-electron chi connectivity index (χ1n) is 10.7. The summed E-state index contributed by atoms with van der Waals surface area (Å²) in [6.07, 6.45) is 9.51. The molecular weight excluding hydrogens is 348 g/mol. The van der Waals surface area contributed by atoms with Gasteiger partial charge in [0.25, 0.3) is 0 Å². The molecule has 0 aromatic rings. The van der Waals surface area contributed by atoms with Gasteiger partial charge >= 0.3 is 11.9 Å². The van der Waals surface area contributed by atoms with Gasteiger partial charge in [0.05, 0.1) is 13.2 Å². The molecule has 0 saturated carbocycles. The number of unbranched alkanes of at least 4 members (excludes halogenated alkanes) is 8. The summed E-state index contributed by atoms with van der Waals surface area (Å²) in [5, 5.41) is 0. The van der Waals surface area contributed by atoms with Gasteiger partial charge in [-0.15, -0.1) is 0 Å². The highest BCUT2D eigenvalue weighted by atomic mass is 16.8. The number of rotatable bonds is 14. The molecule has 0 aromatic carbocycles. The Kier molecular flexibility index (Phi) is 11.6. The van der Waals surface area contributed by atoms with E-state index >= 15 is 0 Å². The lowest BCUT2D eigenvalue weighted by atomic mass is 10.0. The highest BCUT2D eigenvalue weighted by Gasteiger charge is 2.52. The summed E-state index contributed by atoms with van der Waals surface area (Å²) in [6.45, 7) is 7.89. The van der Waals surface area contributed by atoms with Crippen LogP contribution in [0.5, 0.6) is 0 Å². The van der Waals surface area contributed by atoms with E-state index in [2.05, 4.69) is 6.92 Å². The summed E-state index contributed by atoms with van der Waals surface area (Å²) < 4.78 is 21.7. The predicted molar refractivity (Wildman–Crippen MR) is 103 cm³/mol. The Bertz CT molecular complexity index is 410. The van der Waals surface area contributed by atoms with Crippen molar-refractivity contribution in [1.82, 2.24) is 0 Å². The van der Waals surface area contributed by atoms with Gasteiger partial charge in [0.15, 0.2) is 18.0 Å². The fourth-order valence-corrected chi connectivity index (χ4v) is 3.36. The third-order valence-electron chi connectivity index (χ3n) is 4.80. The van der Waals surface area contributed by atoms with Gasteiger partial charge in [0.2, 0.25) is 0 Å². The molecule has 1 rings (SSSR count). The first-order chi connectivity index (χ1) is 13.0. The van der Waals surface area contributed by atoms with Gasteiger partial charge in [0.1, 0.15) is 0 Å².